The van der Waals surface area contributed by atoms with E-state index in [4.69, 9.17) is 29.3 Å². The van der Waals surface area contributed by atoms with Gasteiger partial charge in [-0.3, -0.25) is 0 Å². The minimum absolute atomic E-state index is 0.0822. The fourth-order valence-electron chi connectivity index (χ4n) is 4.39. The predicted molar refractivity (Wildman–Crippen MR) is 129 cm³/mol. The molecule has 0 spiro atoms. The smallest absolute Gasteiger partial charge is 0.407 e. The molecule has 1 fully saturated rings. The predicted octanol–water partition coefficient (Wildman–Crippen LogP) is 3.38. The molecule has 1 atom stereocenters. The van der Waals surface area contributed by atoms with Crippen LogP contribution in [0.5, 0.6) is 17.2 Å². The molecule has 2 aromatic carbocycles. The zero-order chi connectivity index (χ0) is 24.5. The van der Waals surface area contributed by atoms with Gasteiger partial charge in [-0.25, -0.2) is 14.8 Å². The van der Waals surface area contributed by atoms with Crippen LogP contribution in [0.4, 0.5) is 10.7 Å². The van der Waals surface area contributed by atoms with Gasteiger partial charge >= 0.3 is 6.09 Å². The van der Waals surface area contributed by atoms with Gasteiger partial charge in [0.25, 0.3) is 0 Å². The first kappa shape index (κ1) is 22.5. The summed E-state index contributed by atoms with van der Waals surface area (Å²) in [5.74, 6) is 3.01. The molecule has 11 heteroatoms. The fraction of sp³-hybridized carbons (Fsp3) is 0.333. The number of anilines is 1. The third-order valence-electron chi connectivity index (χ3n) is 6.26. The molecule has 2 aromatic heterocycles. The van der Waals surface area contributed by atoms with Crippen molar-refractivity contribution < 1.29 is 24.1 Å². The van der Waals surface area contributed by atoms with Gasteiger partial charge in [0.2, 0.25) is 5.95 Å². The van der Waals surface area contributed by atoms with Gasteiger partial charge in [0, 0.05) is 42.6 Å². The monoisotopic (exact) mass is 478 g/mol. The number of fused-ring (bicyclic) bond motifs is 3. The second-order valence-electron chi connectivity index (χ2n) is 8.24. The van der Waals surface area contributed by atoms with Crippen molar-refractivity contribution in [1.82, 2.24) is 24.5 Å². The van der Waals surface area contributed by atoms with E-state index in [2.05, 4.69) is 5.32 Å². The number of ether oxygens (including phenoxy) is 3. The van der Waals surface area contributed by atoms with Crippen LogP contribution in [-0.2, 0) is 6.54 Å². The highest BCUT2D eigenvalue weighted by Crippen LogP contribution is 2.32. The topological polar surface area (TPSA) is 123 Å². The van der Waals surface area contributed by atoms with E-state index in [1.807, 2.05) is 36.4 Å². The molecule has 0 bridgehead atoms. The molecule has 11 nitrogen and oxygen atoms in total. The second-order valence-corrected chi connectivity index (χ2v) is 8.24. The van der Waals surface area contributed by atoms with Crippen LogP contribution in [0.2, 0.25) is 0 Å². The average molecular weight is 479 g/mol. The Morgan fingerprint density at radius 3 is 2.66 bits per heavy atom. The number of methoxy groups -OCH3 is 3. The van der Waals surface area contributed by atoms with Gasteiger partial charge in [-0.2, -0.15) is 4.52 Å². The van der Waals surface area contributed by atoms with Gasteiger partial charge in [-0.1, -0.05) is 6.07 Å². The molecule has 2 N–H and O–H groups in total. The van der Waals surface area contributed by atoms with Gasteiger partial charge in [-0.15, -0.1) is 5.10 Å². The van der Waals surface area contributed by atoms with E-state index < -0.39 is 6.09 Å². The number of carbonyl (C=O) groups is 1. The molecular weight excluding hydrogens is 452 g/mol. The minimum atomic E-state index is -0.927. The Labute approximate surface area is 201 Å². The van der Waals surface area contributed by atoms with Gasteiger partial charge in [0.15, 0.2) is 11.5 Å². The average Bonchev–Trinajstić information content (AvgIpc) is 3.55. The van der Waals surface area contributed by atoms with E-state index in [0.717, 1.165) is 10.9 Å². The maximum atomic E-state index is 11.4. The van der Waals surface area contributed by atoms with Crippen molar-refractivity contribution in [3.05, 3.63) is 47.8 Å². The van der Waals surface area contributed by atoms with E-state index in [0.29, 0.717) is 66.2 Å². The van der Waals surface area contributed by atoms with Crippen LogP contribution >= 0.6 is 0 Å². The summed E-state index contributed by atoms with van der Waals surface area (Å²) in [5, 5.41) is 18.2. The Balaban J connectivity index is 1.56. The molecule has 1 aliphatic heterocycles. The zero-order valence-electron chi connectivity index (χ0n) is 19.7. The Kier molecular flexibility index (Phi) is 5.89. The number of benzene rings is 2. The van der Waals surface area contributed by atoms with Gasteiger partial charge < -0.3 is 29.5 Å². The SMILES string of the molecule is COc1ccc(CNc2nc3c(OC)cccc3c3nc([C@@H]4CCN(C(=O)O)C4)nn23)c(OC)c1. The number of amides is 1. The summed E-state index contributed by atoms with van der Waals surface area (Å²) in [7, 11) is 4.82. The first-order chi connectivity index (χ1) is 17.0. The summed E-state index contributed by atoms with van der Waals surface area (Å²) in [6, 6.07) is 11.3. The van der Waals surface area contributed by atoms with Gasteiger partial charge in [0.1, 0.15) is 22.8 Å². The van der Waals surface area contributed by atoms with Gasteiger partial charge in [0.05, 0.1) is 21.3 Å². The highest BCUT2D eigenvalue weighted by Gasteiger charge is 2.30. The summed E-state index contributed by atoms with van der Waals surface area (Å²) in [6.07, 6.45) is -0.257. The van der Waals surface area contributed by atoms with Crippen molar-refractivity contribution in [2.75, 3.05) is 39.7 Å². The van der Waals surface area contributed by atoms with Crippen LogP contribution in [-0.4, -0.2) is 70.1 Å². The minimum Gasteiger partial charge on any atom is -0.497 e. The summed E-state index contributed by atoms with van der Waals surface area (Å²) in [6.45, 7) is 1.25. The molecule has 5 rings (SSSR count). The lowest BCUT2D eigenvalue weighted by Crippen LogP contribution is -2.26. The van der Waals surface area contributed by atoms with E-state index in [-0.39, 0.29) is 5.92 Å². The van der Waals surface area contributed by atoms with E-state index in [9.17, 15) is 9.90 Å². The van der Waals surface area contributed by atoms with Crippen LogP contribution in [0.25, 0.3) is 16.6 Å². The highest BCUT2D eigenvalue weighted by molar-refractivity contribution is 5.96. The van der Waals surface area contributed by atoms with E-state index in [1.54, 1.807) is 25.8 Å². The lowest BCUT2D eigenvalue weighted by molar-refractivity contribution is 0.155. The molecular formula is C24H26N6O5. The third kappa shape index (κ3) is 4.09. The summed E-state index contributed by atoms with van der Waals surface area (Å²) in [5.41, 5.74) is 2.20. The number of nitrogens with one attached hydrogen (secondary N) is 1. The standard InChI is InChI=1S/C24H26N6O5/c1-33-16-8-7-14(19(11-16)35-3)12-25-23-26-20-17(5-4-6-18(20)34-2)22-27-21(28-30(22)23)15-9-10-29(13-15)24(31)32/h4-8,11,15H,9-10,12-13H2,1-3H3,(H,25,26)(H,31,32)/t15-/m1/s1. The lowest BCUT2D eigenvalue weighted by atomic mass is 10.1. The molecule has 0 saturated carbocycles. The normalized spacial score (nSPS) is 15.5. The Morgan fingerprint density at radius 1 is 1.11 bits per heavy atom. The first-order valence-electron chi connectivity index (χ1n) is 11.2. The number of rotatable bonds is 7. The molecule has 182 valence electrons. The van der Waals surface area contributed by atoms with Crippen LogP contribution < -0.4 is 19.5 Å². The number of carboxylic acid groups (broad SMARTS) is 1. The molecule has 4 aromatic rings. The van der Waals surface area contributed by atoms with Crippen LogP contribution in [0, 0.1) is 0 Å². The van der Waals surface area contributed by atoms with Crippen molar-refractivity contribution >= 4 is 28.6 Å². The molecule has 0 radical (unpaired) electrons. The van der Waals surface area contributed by atoms with E-state index >= 15 is 0 Å². The van der Waals surface area contributed by atoms with Crippen LogP contribution in [0.1, 0.15) is 23.7 Å². The number of nitrogens with zero attached hydrogens (tertiary/aromatic N) is 5. The first-order valence-corrected chi connectivity index (χ1v) is 11.2. The van der Waals surface area contributed by atoms with Gasteiger partial charge in [-0.05, 0) is 30.7 Å². The number of para-hydroxylation sites is 1. The molecule has 0 unspecified atom stereocenters. The largest absolute Gasteiger partial charge is 0.497 e. The number of likely N-dealkylation sites (tertiary alicyclic amines) is 1. The Bertz CT molecular complexity index is 1400. The second kappa shape index (κ2) is 9.16. The molecule has 35 heavy (non-hydrogen) atoms. The Morgan fingerprint density at radius 2 is 1.94 bits per heavy atom. The zero-order valence-corrected chi connectivity index (χ0v) is 19.7. The molecule has 0 aliphatic carbocycles. The van der Waals surface area contributed by atoms with Crippen molar-refractivity contribution in [2.45, 2.75) is 18.9 Å². The van der Waals surface area contributed by atoms with Crippen LogP contribution in [0.15, 0.2) is 36.4 Å². The van der Waals surface area contributed by atoms with Crippen molar-refractivity contribution in [3.8, 4) is 17.2 Å². The number of aromatic nitrogens is 4. The highest BCUT2D eigenvalue weighted by atomic mass is 16.5. The van der Waals surface area contributed by atoms with Crippen LogP contribution in [0.3, 0.4) is 0 Å². The molecule has 1 amide bonds. The summed E-state index contributed by atoms with van der Waals surface area (Å²) in [4.78, 5) is 22.4. The van der Waals surface area contributed by atoms with E-state index in [1.165, 1.54) is 4.90 Å². The molecule has 1 saturated heterocycles. The lowest BCUT2D eigenvalue weighted by Gasteiger charge is -2.13. The maximum Gasteiger partial charge on any atom is 0.407 e. The quantitative estimate of drug-likeness (QED) is 0.411. The summed E-state index contributed by atoms with van der Waals surface area (Å²) >= 11 is 0. The molecule has 3 heterocycles. The summed E-state index contributed by atoms with van der Waals surface area (Å²) < 4.78 is 18.0. The Hall–Kier alpha value is -4.28. The third-order valence-corrected chi connectivity index (χ3v) is 6.26. The number of hydrogen-bond donors (Lipinski definition) is 2. The van der Waals surface area contributed by atoms with Crippen molar-refractivity contribution in [2.24, 2.45) is 0 Å². The molecule has 1 aliphatic rings. The maximum absolute atomic E-state index is 11.4. The fourth-order valence-corrected chi connectivity index (χ4v) is 4.39. The van der Waals surface area contributed by atoms with Crippen molar-refractivity contribution in [3.63, 3.8) is 0 Å². The number of hydrogen-bond acceptors (Lipinski definition) is 8. The van der Waals surface area contributed by atoms with Crippen molar-refractivity contribution in [1.29, 1.82) is 0 Å².